The van der Waals surface area contributed by atoms with E-state index >= 15 is 0 Å². The van der Waals surface area contributed by atoms with Crippen molar-refractivity contribution in [3.8, 4) is 11.8 Å². The third-order valence-corrected chi connectivity index (χ3v) is 3.40. The maximum Gasteiger partial charge on any atom is 0.262 e. The zero-order chi connectivity index (χ0) is 17.5. The highest BCUT2D eigenvalue weighted by molar-refractivity contribution is 5.81. The maximum atomic E-state index is 13.8. The van der Waals surface area contributed by atoms with Crippen LogP contribution < -0.4 is 10.1 Å². The second kappa shape index (κ2) is 8.09. The first-order chi connectivity index (χ1) is 11.5. The van der Waals surface area contributed by atoms with Crippen LogP contribution in [0.2, 0.25) is 0 Å². The molecule has 6 heteroatoms. The van der Waals surface area contributed by atoms with Crippen LogP contribution in [-0.2, 0) is 11.4 Å². The number of rotatable bonds is 6. The van der Waals surface area contributed by atoms with Crippen molar-refractivity contribution in [2.75, 3.05) is 0 Å². The predicted octanol–water partition coefficient (Wildman–Crippen LogP) is 2.47. The van der Waals surface area contributed by atoms with Crippen LogP contribution in [0.3, 0.4) is 0 Å². The van der Waals surface area contributed by atoms with Gasteiger partial charge in [-0.1, -0.05) is 30.3 Å². The monoisotopic (exact) mass is 328 g/mol. The molecule has 2 aromatic rings. The minimum absolute atomic E-state index is 0.0998. The molecule has 5 nitrogen and oxygen atoms in total. The van der Waals surface area contributed by atoms with E-state index in [0.717, 1.165) is 0 Å². The zero-order valence-corrected chi connectivity index (χ0v) is 13.1. The van der Waals surface area contributed by atoms with E-state index in [4.69, 9.17) is 9.84 Å². The number of amides is 1. The number of hydrogen-bond acceptors (Lipinski definition) is 4. The molecule has 0 saturated carbocycles. The number of benzene rings is 2. The molecule has 0 aliphatic carbocycles. The second-order valence-corrected chi connectivity index (χ2v) is 5.16. The summed E-state index contributed by atoms with van der Waals surface area (Å²) in [7, 11) is 0. The Morgan fingerprint density at radius 1 is 1.33 bits per heavy atom. The van der Waals surface area contributed by atoms with Crippen molar-refractivity contribution in [3.05, 3.63) is 65.5 Å². The fourth-order valence-electron chi connectivity index (χ4n) is 2.12. The minimum Gasteiger partial charge on any atom is -0.481 e. The Morgan fingerprint density at radius 3 is 2.75 bits per heavy atom. The number of halogens is 1. The van der Waals surface area contributed by atoms with Crippen LogP contribution in [0.1, 0.15) is 24.1 Å². The summed E-state index contributed by atoms with van der Waals surface area (Å²) in [6.07, 6.45) is -0.887. The molecule has 0 radical (unpaired) electrons. The number of carbonyl (C=O) groups is 1. The highest BCUT2D eigenvalue weighted by Gasteiger charge is 2.22. The first kappa shape index (κ1) is 17.4. The fraction of sp³-hybridized carbons (Fsp3) is 0.222. The number of nitrogens with one attached hydrogen (secondary N) is 1. The summed E-state index contributed by atoms with van der Waals surface area (Å²) in [5.41, 5.74) is 0.754. The lowest BCUT2D eigenvalue weighted by Gasteiger charge is -2.18. The van der Waals surface area contributed by atoms with Crippen LogP contribution in [0.25, 0.3) is 0 Å². The molecule has 2 N–H and O–H groups in total. The lowest BCUT2D eigenvalue weighted by Crippen LogP contribution is -2.38. The second-order valence-electron chi connectivity index (χ2n) is 5.16. The van der Waals surface area contributed by atoms with Gasteiger partial charge in [-0.3, -0.25) is 4.79 Å². The molecule has 0 aliphatic rings. The van der Waals surface area contributed by atoms with Crippen LogP contribution in [0.15, 0.2) is 48.5 Å². The largest absolute Gasteiger partial charge is 0.481 e. The van der Waals surface area contributed by atoms with Gasteiger partial charge in [0.05, 0.1) is 12.7 Å². The topological polar surface area (TPSA) is 82.3 Å². The van der Waals surface area contributed by atoms with Gasteiger partial charge >= 0.3 is 0 Å². The van der Waals surface area contributed by atoms with Gasteiger partial charge in [-0.05, 0) is 30.7 Å². The van der Waals surface area contributed by atoms with Crippen molar-refractivity contribution in [2.45, 2.75) is 25.7 Å². The van der Waals surface area contributed by atoms with E-state index in [1.165, 1.54) is 25.1 Å². The normalized spacial score (nSPS) is 12.8. The Balaban J connectivity index is 2.05. The first-order valence-corrected chi connectivity index (χ1v) is 7.36. The molecule has 124 valence electrons. The summed E-state index contributed by atoms with van der Waals surface area (Å²) in [5, 5.41) is 20.8. The van der Waals surface area contributed by atoms with Crippen molar-refractivity contribution < 1.29 is 19.0 Å². The number of ether oxygens (including phenoxy) is 1. The molecule has 2 atom stereocenters. The van der Waals surface area contributed by atoms with Gasteiger partial charge < -0.3 is 15.2 Å². The Hall–Kier alpha value is -2.91. The summed E-state index contributed by atoms with van der Waals surface area (Å²) in [4.78, 5) is 12.2. The minimum atomic E-state index is -1.10. The Bertz CT molecular complexity index is 758. The van der Waals surface area contributed by atoms with E-state index in [9.17, 15) is 14.4 Å². The van der Waals surface area contributed by atoms with Crippen molar-refractivity contribution in [1.29, 1.82) is 5.26 Å². The zero-order valence-electron chi connectivity index (χ0n) is 13.1. The van der Waals surface area contributed by atoms with Gasteiger partial charge in [-0.15, -0.1) is 0 Å². The fourth-order valence-corrected chi connectivity index (χ4v) is 2.12. The van der Waals surface area contributed by atoms with Crippen molar-refractivity contribution >= 4 is 5.91 Å². The van der Waals surface area contributed by atoms with Gasteiger partial charge in [-0.2, -0.15) is 5.26 Å². The molecule has 0 spiro atoms. The third kappa shape index (κ3) is 4.31. The summed E-state index contributed by atoms with van der Waals surface area (Å²) in [6.45, 7) is 1.39. The van der Waals surface area contributed by atoms with Gasteiger partial charge in [-0.25, -0.2) is 4.39 Å². The smallest absolute Gasteiger partial charge is 0.262 e. The number of aliphatic hydroxyl groups excluding tert-OH is 1. The van der Waals surface area contributed by atoms with Crippen molar-refractivity contribution in [3.63, 3.8) is 0 Å². The van der Waals surface area contributed by atoms with Gasteiger partial charge in [0, 0.05) is 5.56 Å². The standard InChI is InChI=1S/C18H17FN2O3/c1-12(24-14-6-4-5-13(9-14)11-22)18(23)21-17(10-20)15-7-2-3-8-16(15)19/h2-9,12,17,22H,11H2,1H3,(H,21,23). The molecule has 0 heterocycles. The van der Waals surface area contributed by atoms with Crippen LogP contribution in [0, 0.1) is 17.1 Å². The molecule has 2 rings (SSSR count). The molecule has 0 bridgehead atoms. The molecule has 1 amide bonds. The molecular formula is C18H17FN2O3. The van der Waals surface area contributed by atoms with E-state index in [1.807, 2.05) is 6.07 Å². The summed E-state index contributed by atoms with van der Waals surface area (Å²) >= 11 is 0. The molecular weight excluding hydrogens is 311 g/mol. The third-order valence-electron chi connectivity index (χ3n) is 3.40. The number of aliphatic hydroxyl groups is 1. The molecule has 0 aromatic heterocycles. The van der Waals surface area contributed by atoms with Crippen LogP contribution in [0.4, 0.5) is 4.39 Å². The molecule has 2 unspecified atom stereocenters. The Morgan fingerprint density at radius 2 is 2.08 bits per heavy atom. The summed E-state index contributed by atoms with van der Waals surface area (Å²) in [6, 6.07) is 13.2. The van der Waals surface area contributed by atoms with E-state index < -0.39 is 23.9 Å². The van der Waals surface area contributed by atoms with Crippen LogP contribution in [0.5, 0.6) is 5.75 Å². The Kier molecular flexibility index (Phi) is 5.88. The van der Waals surface area contributed by atoms with Gasteiger partial charge in [0.15, 0.2) is 6.10 Å². The molecule has 24 heavy (non-hydrogen) atoms. The van der Waals surface area contributed by atoms with Crippen LogP contribution in [-0.4, -0.2) is 17.1 Å². The highest BCUT2D eigenvalue weighted by Crippen LogP contribution is 2.18. The highest BCUT2D eigenvalue weighted by atomic mass is 19.1. The molecule has 0 aliphatic heterocycles. The van der Waals surface area contributed by atoms with E-state index in [2.05, 4.69) is 5.32 Å². The maximum absolute atomic E-state index is 13.8. The SMILES string of the molecule is CC(Oc1cccc(CO)c1)C(=O)NC(C#N)c1ccccc1F. The van der Waals surface area contributed by atoms with E-state index in [-0.39, 0.29) is 12.2 Å². The molecule has 0 fully saturated rings. The lowest BCUT2D eigenvalue weighted by atomic mass is 10.1. The molecule has 2 aromatic carbocycles. The van der Waals surface area contributed by atoms with Gasteiger partial charge in [0.25, 0.3) is 5.91 Å². The number of nitriles is 1. The van der Waals surface area contributed by atoms with Crippen molar-refractivity contribution in [2.24, 2.45) is 0 Å². The number of carbonyl (C=O) groups excluding carboxylic acids is 1. The first-order valence-electron chi connectivity index (χ1n) is 7.36. The van der Waals surface area contributed by atoms with E-state index in [1.54, 1.807) is 30.3 Å². The summed E-state index contributed by atoms with van der Waals surface area (Å²) in [5.74, 6) is -0.684. The Labute approximate surface area is 139 Å². The van der Waals surface area contributed by atoms with Gasteiger partial charge in [0.2, 0.25) is 0 Å². The predicted molar refractivity (Wildman–Crippen MR) is 85.4 cm³/mol. The van der Waals surface area contributed by atoms with Gasteiger partial charge in [0.1, 0.15) is 17.6 Å². The average molecular weight is 328 g/mol. The summed E-state index contributed by atoms with van der Waals surface area (Å²) < 4.78 is 19.3. The lowest BCUT2D eigenvalue weighted by molar-refractivity contribution is -0.127. The number of hydrogen-bond donors (Lipinski definition) is 2. The average Bonchev–Trinajstić information content (AvgIpc) is 2.60. The number of nitrogens with zero attached hydrogens (tertiary/aromatic N) is 1. The quantitative estimate of drug-likeness (QED) is 0.853. The van der Waals surface area contributed by atoms with Crippen LogP contribution >= 0.6 is 0 Å². The molecule has 0 saturated heterocycles. The van der Waals surface area contributed by atoms with E-state index in [0.29, 0.717) is 11.3 Å². The van der Waals surface area contributed by atoms with Crippen molar-refractivity contribution in [1.82, 2.24) is 5.32 Å².